The van der Waals surface area contributed by atoms with E-state index in [1.807, 2.05) is 11.0 Å². The lowest BCUT2D eigenvalue weighted by molar-refractivity contribution is 0.442. The molecule has 3 heterocycles. The summed E-state index contributed by atoms with van der Waals surface area (Å²) in [6, 6.07) is 8.13. The summed E-state index contributed by atoms with van der Waals surface area (Å²) in [5.41, 5.74) is 0.466. The monoisotopic (exact) mass is 302 g/mol. The molecule has 1 aliphatic rings. The Labute approximate surface area is 123 Å². The molecule has 106 valence electrons. The van der Waals surface area contributed by atoms with Crippen molar-refractivity contribution in [1.82, 2.24) is 14.6 Å². The number of rotatable bonds is 2. The van der Waals surface area contributed by atoms with E-state index in [1.54, 1.807) is 12.1 Å². The van der Waals surface area contributed by atoms with Crippen LogP contribution in [0, 0.1) is 5.82 Å². The summed E-state index contributed by atoms with van der Waals surface area (Å²) in [6.45, 7) is 0.799. The van der Waals surface area contributed by atoms with E-state index in [9.17, 15) is 9.18 Å². The third-order valence-electron chi connectivity index (χ3n) is 3.69. The van der Waals surface area contributed by atoms with Gasteiger partial charge in [0.15, 0.2) is 0 Å². The topological polar surface area (TPSA) is 50.5 Å². The quantitative estimate of drug-likeness (QED) is 0.728. The molecule has 4 rings (SSSR count). The maximum atomic E-state index is 13.9. The predicted octanol–water partition coefficient (Wildman–Crippen LogP) is 2.24. The fourth-order valence-corrected chi connectivity index (χ4v) is 3.49. The number of nitrogens with zero attached hydrogens (tertiary/aromatic N) is 4. The van der Waals surface area contributed by atoms with Gasteiger partial charge in [-0.1, -0.05) is 29.5 Å². The average molecular weight is 302 g/mol. The number of anilines is 1. The third-order valence-corrected chi connectivity index (χ3v) is 4.65. The largest absolute Gasteiger partial charge is 0.339 e. The molecule has 1 aliphatic heterocycles. The van der Waals surface area contributed by atoms with Crippen LogP contribution < -0.4 is 10.5 Å². The summed E-state index contributed by atoms with van der Waals surface area (Å²) in [6.07, 6.45) is 2.35. The lowest BCUT2D eigenvalue weighted by atomic mass is 9.95. The highest BCUT2D eigenvalue weighted by Gasteiger charge is 2.33. The van der Waals surface area contributed by atoms with Crippen LogP contribution in [0.2, 0.25) is 0 Å². The van der Waals surface area contributed by atoms with E-state index >= 15 is 0 Å². The first kappa shape index (κ1) is 12.5. The predicted molar refractivity (Wildman–Crippen MR) is 78.2 cm³/mol. The number of benzene rings is 1. The van der Waals surface area contributed by atoms with Crippen molar-refractivity contribution in [2.24, 2.45) is 0 Å². The highest BCUT2D eigenvalue weighted by atomic mass is 32.1. The molecule has 0 radical (unpaired) electrons. The van der Waals surface area contributed by atoms with Gasteiger partial charge in [0.25, 0.3) is 5.56 Å². The highest BCUT2D eigenvalue weighted by molar-refractivity contribution is 7.20. The zero-order valence-electron chi connectivity index (χ0n) is 10.9. The Morgan fingerprint density at radius 3 is 2.86 bits per heavy atom. The number of aromatic nitrogens is 3. The van der Waals surface area contributed by atoms with Crippen molar-refractivity contribution in [2.75, 3.05) is 11.4 Å². The second-order valence-corrected chi connectivity index (χ2v) is 5.82. The van der Waals surface area contributed by atoms with E-state index in [0.717, 1.165) is 13.0 Å². The summed E-state index contributed by atoms with van der Waals surface area (Å²) in [7, 11) is 0. The summed E-state index contributed by atoms with van der Waals surface area (Å²) < 4.78 is 15.2. The molecule has 0 saturated carbocycles. The fraction of sp³-hybridized carbons (Fsp3) is 0.214. The van der Waals surface area contributed by atoms with Gasteiger partial charge in [-0.05, 0) is 12.5 Å². The number of halogens is 1. The van der Waals surface area contributed by atoms with Crippen molar-refractivity contribution in [2.45, 2.75) is 12.5 Å². The molecule has 1 atom stereocenters. The second-order valence-electron chi connectivity index (χ2n) is 4.88. The van der Waals surface area contributed by atoms with E-state index in [0.29, 0.717) is 15.7 Å². The molecule has 0 aliphatic carbocycles. The van der Waals surface area contributed by atoms with Gasteiger partial charge < -0.3 is 4.90 Å². The molecule has 0 unspecified atom stereocenters. The van der Waals surface area contributed by atoms with Crippen molar-refractivity contribution < 1.29 is 4.39 Å². The minimum atomic E-state index is -0.205. The van der Waals surface area contributed by atoms with Crippen LogP contribution in [0.1, 0.15) is 18.0 Å². The molecule has 3 aromatic rings. The first-order valence-corrected chi connectivity index (χ1v) is 7.41. The number of fused-ring (bicyclic) bond motifs is 1. The number of hydrogen-bond acceptors (Lipinski definition) is 5. The van der Waals surface area contributed by atoms with Gasteiger partial charge in [-0.2, -0.15) is 4.52 Å². The molecule has 1 aromatic carbocycles. The summed E-state index contributed by atoms with van der Waals surface area (Å²) >= 11 is 1.34. The average Bonchev–Trinajstić information content (AvgIpc) is 2.85. The van der Waals surface area contributed by atoms with Crippen molar-refractivity contribution in [3.63, 3.8) is 0 Å². The highest BCUT2D eigenvalue weighted by Crippen LogP contribution is 2.39. The summed E-state index contributed by atoms with van der Waals surface area (Å²) in [5.74, 6) is -0.205. The maximum Gasteiger partial charge on any atom is 0.275 e. The van der Waals surface area contributed by atoms with Crippen molar-refractivity contribution in [3.05, 3.63) is 58.3 Å². The zero-order chi connectivity index (χ0) is 14.4. The van der Waals surface area contributed by atoms with Gasteiger partial charge in [-0.15, -0.1) is 5.10 Å². The lowest BCUT2D eigenvalue weighted by Gasteiger charge is -2.40. The zero-order valence-corrected chi connectivity index (χ0v) is 11.8. The normalized spacial score (nSPS) is 18.0. The van der Waals surface area contributed by atoms with Crippen molar-refractivity contribution >= 4 is 21.4 Å². The minimum Gasteiger partial charge on any atom is -0.339 e. The van der Waals surface area contributed by atoms with Crippen molar-refractivity contribution in [1.29, 1.82) is 0 Å². The Bertz CT molecular complexity index is 875. The van der Waals surface area contributed by atoms with Crippen LogP contribution in [0.4, 0.5) is 9.52 Å². The van der Waals surface area contributed by atoms with Gasteiger partial charge in [-0.3, -0.25) is 4.79 Å². The molecule has 2 aromatic heterocycles. The van der Waals surface area contributed by atoms with Crippen LogP contribution in [0.5, 0.6) is 0 Å². The Kier molecular flexibility index (Phi) is 2.75. The SMILES string of the molecule is O=c1ccnc2sc(N3CC[C@@H]3c3ccccc3F)nn12. The molecular formula is C14H11FN4OS. The molecular weight excluding hydrogens is 291 g/mol. The molecule has 0 N–H and O–H groups in total. The molecule has 1 saturated heterocycles. The Morgan fingerprint density at radius 1 is 1.29 bits per heavy atom. The minimum absolute atomic E-state index is 0.0255. The Hall–Kier alpha value is -2.28. The smallest absolute Gasteiger partial charge is 0.275 e. The maximum absolute atomic E-state index is 13.9. The van der Waals surface area contributed by atoms with E-state index in [2.05, 4.69) is 10.1 Å². The van der Waals surface area contributed by atoms with Crippen molar-refractivity contribution in [3.8, 4) is 0 Å². The van der Waals surface area contributed by atoms with Gasteiger partial charge in [0.2, 0.25) is 10.1 Å². The summed E-state index contributed by atoms with van der Waals surface area (Å²) in [4.78, 5) is 18.4. The molecule has 21 heavy (non-hydrogen) atoms. The van der Waals surface area contributed by atoms with Crippen LogP contribution in [-0.2, 0) is 0 Å². The van der Waals surface area contributed by atoms with Crippen LogP contribution in [0.25, 0.3) is 4.96 Å². The third kappa shape index (κ3) is 1.92. The van der Waals surface area contributed by atoms with Crippen LogP contribution in [0.3, 0.4) is 0 Å². The van der Waals surface area contributed by atoms with E-state index in [-0.39, 0.29) is 17.4 Å². The van der Waals surface area contributed by atoms with Crippen LogP contribution in [0.15, 0.2) is 41.3 Å². The summed E-state index contributed by atoms with van der Waals surface area (Å²) in [5, 5.41) is 5.00. The molecule has 0 amide bonds. The Morgan fingerprint density at radius 2 is 2.14 bits per heavy atom. The van der Waals surface area contributed by atoms with Gasteiger partial charge in [-0.25, -0.2) is 9.37 Å². The van der Waals surface area contributed by atoms with Gasteiger partial charge in [0.05, 0.1) is 6.04 Å². The molecule has 5 nitrogen and oxygen atoms in total. The first-order valence-electron chi connectivity index (χ1n) is 6.60. The van der Waals surface area contributed by atoms with Gasteiger partial charge >= 0.3 is 0 Å². The van der Waals surface area contributed by atoms with Gasteiger partial charge in [0, 0.05) is 24.4 Å². The van der Waals surface area contributed by atoms with Gasteiger partial charge in [0.1, 0.15) is 5.82 Å². The second kappa shape index (κ2) is 4.63. The molecule has 1 fully saturated rings. The Balaban J connectivity index is 1.74. The van der Waals surface area contributed by atoms with Crippen LogP contribution in [-0.4, -0.2) is 21.1 Å². The number of hydrogen-bond donors (Lipinski definition) is 0. The standard InChI is InChI=1S/C14H11FN4OS/c15-10-4-2-1-3-9(10)11-6-8-18(11)14-17-19-12(20)5-7-16-13(19)21-14/h1-5,7,11H,6,8H2/t11-/m1/s1. The first-order chi connectivity index (χ1) is 10.2. The molecule has 0 spiro atoms. The van der Waals surface area contributed by atoms with E-state index in [4.69, 9.17) is 0 Å². The molecule has 7 heteroatoms. The molecule has 0 bridgehead atoms. The fourth-order valence-electron chi connectivity index (χ4n) is 2.53. The lowest BCUT2D eigenvalue weighted by Crippen LogP contribution is -2.41. The van der Waals surface area contributed by atoms with Crippen LogP contribution >= 0.6 is 11.3 Å². The van der Waals surface area contributed by atoms with E-state index < -0.39 is 0 Å². The van der Waals surface area contributed by atoms with E-state index in [1.165, 1.54) is 34.2 Å².